The van der Waals surface area contributed by atoms with Crippen molar-refractivity contribution in [1.29, 1.82) is 0 Å². The van der Waals surface area contributed by atoms with Crippen LogP contribution >= 0.6 is 0 Å². The van der Waals surface area contributed by atoms with E-state index in [1.807, 2.05) is 36.4 Å². The Labute approximate surface area is 93.9 Å². The van der Waals surface area contributed by atoms with Crippen LogP contribution in [0.5, 0.6) is 5.75 Å². The van der Waals surface area contributed by atoms with Gasteiger partial charge in [-0.3, -0.25) is 0 Å². The zero-order valence-corrected chi connectivity index (χ0v) is 8.67. The van der Waals surface area contributed by atoms with Gasteiger partial charge in [0.1, 0.15) is 5.75 Å². The molecule has 0 aromatic heterocycles. The van der Waals surface area contributed by atoms with E-state index in [0.29, 0.717) is 0 Å². The molecule has 80 valence electrons. The number of hydrazone groups is 1. The predicted molar refractivity (Wildman–Crippen MR) is 65.3 cm³/mol. The summed E-state index contributed by atoms with van der Waals surface area (Å²) < 4.78 is 0. The average Bonchev–Trinajstić information content (AvgIpc) is 2.32. The van der Waals surface area contributed by atoms with Crippen LogP contribution in [0.3, 0.4) is 0 Å². The summed E-state index contributed by atoms with van der Waals surface area (Å²) in [5, 5.41) is 12.8. The molecule has 0 atom stereocenters. The highest BCUT2D eigenvalue weighted by molar-refractivity contribution is 5.90. The van der Waals surface area contributed by atoms with Gasteiger partial charge in [0.25, 0.3) is 0 Å². The third kappa shape index (κ3) is 2.03. The van der Waals surface area contributed by atoms with Gasteiger partial charge in [-0.25, -0.2) is 0 Å². The fraction of sp³-hybridized carbons (Fsp3) is 0. The summed E-state index contributed by atoms with van der Waals surface area (Å²) in [4.78, 5) is 0. The first-order chi connectivity index (χ1) is 7.81. The van der Waals surface area contributed by atoms with Gasteiger partial charge in [-0.2, -0.15) is 5.10 Å². The standard InChI is InChI=1S/C13H12N2O/c14-15-9-11-3-1-2-4-13(11)10-5-7-12(16)8-6-10/h1-9,16H,14H2. The first kappa shape index (κ1) is 10.2. The highest BCUT2D eigenvalue weighted by Crippen LogP contribution is 2.24. The molecule has 0 aliphatic heterocycles. The van der Waals surface area contributed by atoms with Crippen LogP contribution in [0.15, 0.2) is 53.6 Å². The molecule has 0 aliphatic carbocycles. The third-order valence-corrected chi connectivity index (χ3v) is 2.35. The van der Waals surface area contributed by atoms with Crippen molar-refractivity contribution < 1.29 is 5.11 Å². The largest absolute Gasteiger partial charge is 0.508 e. The van der Waals surface area contributed by atoms with Crippen LogP contribution in [0.4, 0.5) is 0 Å². The minimum absolute atomic E-state index is 0.258. The Kier molecular flexibility index (Phi) is 2.87. The van der Waals surface area contributed by atoms with E-state index in [-0.39, 0.29) is 5.75 Å². The summed E-state index contributed by atoms with van der Waals surface area (Å²) >= 11 is 0. The Balaban J connectivity index is 2.51. The minimum atomic E-state index is 0.258. The number of rotatable bonds is 2. The van der Waals surface area contributed by atoms with Crippen LogP contribution in [-0.4, -0.2) is 11.3 Å². The van der Waals surface area contributed by atoms with Crippen LogP contribution in [-0.2, 0) is 0 Å². The second-order valence-electron chi connectivity index (χ2n) is 3.41. The van der Waals surface area contributed by atoms with Gasteiger partial charge in [0.2, 0.25) is 0 Å². The molecular formula is C13H12N2O. The fourth-order valence-corrected chi connectivity index (χ4v) is 1.59. The van der Waals surface area contributed by atoms with E-state index in [0.717, 1.165) is 16.7 Å². The predicted octanol–water partition coefficient (Wildman–Crippen LogP) is 2.35. The number of nitrogens with zero attached hydrogens (tertiary/aromatic N) is 1. The molecule has 3 heteroatoms. The zero-order chi connectivity index (χ0) is 11.4. The van der Waals surface area contributed by atoms with Crippen molar-refractivity contribution in [1.82, 2.24) is 0 Å². The monoisotopic (exact) mass is 212 g/mol. The van der Waals surface area contributed by atoms with E-state index < -0.39 is 0 Å². The van der Waals surface area contributed by atoms with E-state index in [9.17, 15) is 5.11 Å². The van der Waals surface area contributed by atoms with Gasteiger partial charge in [0, 0.05) is 5.56 Å². The van der Waals surface area contributed by atoms with Crippen LogP contribution in [0, 0.1) is 0 Å². The molecule has 0 bridgehead atoms. The van der Waals surface area contributed by atoms with Crippen LogP contribution in [0.1, 0.15) is 5.56 Å². The molecule has 3 nitrogen and oxygen atoms in total. The van der Waals surface area contributed by atoms with E-state index in [2.05, 4.69) is 5.10 Å². The van der Waals surface area contributed by atoms with Crippen molar-refractivity contribution in [2.45, 2.75) is 0 Å². The molecule has 16 heavy (non-hydrogen) atoms. The van der Waals surface area contributed by atoms with Crippen LogP contribution in [0.25, 0.3) is 11.1 Å². The molecule has 2 rings (SSSR count). The molecule has 0 spiro atoms. The third-order valence-electron chi connectivity index (χ3n) is 2.35. The smallest absolute Gasteiger partial charge is 0.115 e. The lowest BCUT2D eigenvalue weighted by Crippen LogP contribution is -1.90. The maximum absolute atomic E-state index is 9.23. The number of aromatic hydroxyl groups is 1. The summed E-state index contributed by atoms with van der Waals surface area (Å²) in [7, 11) is 0. The second-order valence-corrected chi connectivity index (χ2v) is 3.41. The van der Waals surface area contributed by atoms with E-state index in [1.54, 1.807) is 18.3 Å². The van der Waals surface area contributed by atoms with Gasteiger partial charge in [0.05, 0.1) is 6.21 Å². The Morgan fingerprint density at radius 1 is 1.00 bits per heavy atom. The van der Waals surface area contributed by atoms with Gasteiger partial charge in [-0.05, 0) is 23.3 Å². The summed E-state index contributed by atoms with van der Waals surface area (Å²) in [5.74, 6) is 5.42. The lowest BCUT2D eigenvalue weighted by atomic mass is 10.0. The number of nitrogens with two attached hydrogens (primary N) is 1. The normalized spacial score (nSPS) is 10.8. The fourth-order valence-electron chi connectivity index (χ4n) is 1.59. The van der Waals surface area contributed by atoms with Crippen molar-refractivity contribution in [3.05, 3.63) is 54.1 Å². The van der Waals surface area contributed by atoms with Gasteiger partial charge in [-0.15, -0.1) is 0 Å². The van der Waals surface area contributed by atoms with Gasteiger partial charge < -0.3 is 10.9 Å². The van der Waals surface area contributed by atoms with Gasteiger partial charge >= 0.3 is 0 Å². The summed E-state index contributed by atoms with van der Waals surface area (Å²) in [6.45, 7) is 0. The van der Waals surface area contributed by atoms with Crippen molar-refractivity contribution >= 4 is 6.21 Å². The lowest BCUT2D eigenvalue weighted by Gasteiger charge is -2.05. The maximum Gasteiger partial charge on any atom is 0.115 e. The molecule has 2 aromatic carbocycles. The number of phenolic OH excluding ortho intramolecular Hbond substituents is 1. The summed E-state index contributed by atoms with van der Waals surface area (Å²) in [6.07, 6.45) is 1.61. The Bertz CT molecular complexity index is 504. The molecular weight excluding hydrogens is 200 g/mol. The van der Waals surface area contributed by atoms with Crippen molar-refractivity contribution in [2.75, 3.05) is 0 Å². The number of hydrogen-bond donors (Lipinski definition) is 2. The van der Waals surface area contributed by atoms with E-state index >= 15 is 0 Å². The van der Waals surface area contributed by atoms with E-state index in [1.165, 1.54) is 0 Å². The summed E-state index contributed by atoms with van der Waals surface area (Å²) in [6, 6.07) is 14.9. The Morgan fingerprint density at radius 2 is 1.69 bits per heavy atom. The molecule has 0 aliphatic rings. The second kappa shape index (κ2) is 4.49. The Hall–Kier alpha value is -2.29. The maximum atomic E-state index is 9.23. The van der Waals surface area contributed by atoms with Crippen LogP contribution in [0.2, 0.25) is 0 Å². The van der Waals surface area contributed by atoms with Crippen molar-refractivity contribution in [2.24, 2.45) is 10.9 Å². The first-order valence-corrected chi connectivity index (χ1v) is 4.93. The van der Waals surface area contributed by atoms with Crippen molar-refractivity contribution in [3.63, 3.8) is 0 Å². The minimum Gasteiger partial charge on any atom is -0.508 e. The molecule has 0 unspecified atom stereocenters. The number of benzene rings is 2. The number of phenols is 1. The molecule has 0 saturated carbocycles. The molecule has 0 heterocycles. The average molecular weight is 212 g/mol. The quantitative estimate of drug-likeness (QED) is 0.456. The Morgan fingerprint density at radius 3 is 2.38 bits per heavy atom. The van der Waals surface area contributed by atoms with E-state index in [4.69, 9.17) is 5.84 Å². The number of hydrogen-bond acceptors (Lipinski definition) is 3. The molecule has 0 saturated heterocycles. The molecule has 0 fully saturated rings. The lowest BCUT2D eigenvalue weighted by molar-refractivity contribution is 0.475. The first-order valence-electron chi connectivity index (χ1n) is 4.93. The van der Waals surface area contributed by atoms with Gasteiger partial charge in [0.15, 0.2) is 0 Å². The van der Waals surface area contributed by atoms with Gasteiger partial charge in [-0.1, -0.05) is 36.4 Å². The zero-order valence-electron chi connectivity index (χ0n) is 8.67. The molecule has 0 radical (unpaired) electrons. The van der Waals surface area contributed by atoms with Crippen LogP contribution < -0.4 is 5.84 Å². The molecule has 0 amide bonds. The molecule has 2 aromatic rings. The highest BCUT2D eigenvalue weighted by atomic mass is 16.3. The summed E-state index contributed by atoms with van der Waals surface area (Å²) in [5.41, 5.74) is 3.01. The van der Waals surface area contributed by atoms with Crippen molar-refractivity contribution in [3.8, 4) is 16.9 Å². The highest BCUT2D eigenvalue weighted by Gasteiger charge is 2.02. The molecule has 3 N–H and O–H groups in total. The topological polar surface area (TPSA) is 58.6 Å². The SMILES string of the molecule is NN=Cc1ccccc1-c1ccc(O)cc1.